The van der Waals surface area contributed by atoms with Crippen LogP contribution in [0.3, 0.4) is 0 Å². The number of aromatic nitrogens is 1. The first-order valence-electron chi connectivity index (χ1n) is 12.7. The van der Waals surface area contributed by atoms with Crippen LogP contribution in [0.1, 0.15) is 61.6 Å². The number of ether oxygens (including phenoxy) is 1. The second-order valence-electron chi connectivity index (χ2n) is 10.2. The quantitative estimate of drug-likeness (QED) is 0.168. The average Bonchev–Trinajstić information content (AvgIpc) is 3.53. The number of imide groups is 1. The number of benzene rings is 1. The van der Waals surface area contributed by atoms with E-state index in [1.165, 1.54) is 13.2 Å². The number of halogens is 3. The highest BCUT2D eigenvalue weighted by atomic mass is 32.2. The lowest BCUT2D eigenvalue weighted by Crippen LogP contribution is -2.55. The van der Waals surface area contributed by atoms with Crippen molar-refractivity contribution in [3.05, 3.63) is 29.7 Å². The molecule has 42 heavy (non-hydrogen) atoms. The van der Waals surface area contributed by atoms with Gasteiger partial charge in [0.2, 0.25) is 17.6 Å². The zero-order chi connectivity index (χ0) is 32.2. The molecular formula is C25H33F3N4O9S. The molecule has 0 radical (unpaired) electrons. The van der Waals surface area contributed by atoms with Crippen LogP contribution in [-0.4, -0.2) is 83.7 Å². The molecule has 2 heterocycles. The van der Waals surface area contributed by atoms with Gasteiger partial charge in [-0.3, -0.25) is 29.2 Å². The lowest BCUT2D eigenvalue weighted by molar-refractivity contribution is -0.134. The fourth-order valence-corrected chi connectivity index (χ4v) is 4.23. The summed E-state index contributed by atoms with van der Waals surface area (Å²) in [6, 6.07) is 2.49. The first-order valence-corrected chi connectivity index (χ1v) is 14.2. The van der Waals surface area contributed by atoms with Gasteiger partial charge in [-0.05, 0) is 49.4 Å². The fourth-order valence-electron chi connectivity index (χ4n) is 4.23. The van der Waals surface area contributed by atoms with Crippen LogP contribution in [-0.2, 0) is 24.4 Å². The minimum absolute atomic E-state index is 0.0975. The van der Waals surface area contributed by atoms with Crippen LogP contribution >= 0.6 is 0 Å². The summed E-state index contributed by atoms with van der Waals surface area (Å²) in [5.74, 6) is -2.25. The van der Waals surface area contributed by atoms with Crippen LogP contribution < -0.4 is 11.1 Å². The van der Waals surface area contributed by atoms with Crippen molar-refractivity contribution in [3.8, 4) is 0 Å². The van der Waals surface area contributed by atoms with E-state index in [1.807, 2.05) is 18.7 Å². The molecule has 1 fully saturated rings. The first-order chi connectivity index (χ1) is 19.3. The summed E-state index contributed by atoms with van der Waals surface area (Å²) < 4.78 is 68.0. The van der Waals surface area contributed by atoms with Crippen molar-refractivity contribution in [1.82, 2.24) is 15.2 Å². The van der Waals surface area contributed by atoms with Gasteiger partial charge in [-0.1, -0.05) is 27.7 Å². The van der Waals surface area contributed by atoms with E-state index < -0.39 is 51.5 Å². The van der Waals surface area contributed by atoms with Gasteiger partial charge >= 0.3 is 21.6 Å². The Morgan fingerprint density at radius 1 is 1.17 bits per heavy atom. The molecular weight excluding hydrogens is 589 g/mol. The summed E-state index contributed by atoms with van der Waals surface area (Å²) in [6.45, 7) is 7.89. The number of alkyl halides is 3. The van der Waals surface area contributed by atoms with Crippen molar-refractivity contribution in [2.24, 2.45) is 17.6 Å². The number of carbonyl (C=O) groups excluding carboxylic acids is 4. The number of hydrogen-bond acceptors (Lipinski definition) is 11. The van der Waals surface area contributed by atoms with E-state index >= 15 is 0 Å². The standard InChI is InChI=1S/C24H32N4O6.CHF3O3S/c1-12(2)18(25)22(31)27-21(30)16-7-6-10-28(16)19(13(3)4)20(29)23-26-15-9-8-14(24(32)33-5)11-17(15)34-23;2-1(3,4)8(5,6)7/h8-9,11-13,16,18-19H,6-7,10,25H2,1-5H3,(H,27,30,31);(H,5,6,7)/t16-,18-,19-;/m0./s1. The molecule has 2 aromatic rings. The molecule has 1 aromatic heterocycles. The maximum Gasteiger partial charge on any atom is 0.522 e. The highest BCUT2D eigenvalue weighted by molar-refractivity contribution is 7.86. The highest BCUT2D eigenvalue weighted by Crippen LogP contribution is 2.28. The summed E-state index contributed by atoms with van der Waals surface area (Å²) in [6.07, 6.45) is 1.22. The topological polar surface area (TPSA) is 199 Å². The lowest BCUT2D eigenvalue weighted by atomic mass is 9.96. The maximum absolute atomic E-state index is 13.5. The van der Waals surface area contributed by atoms with E-state index in [1.54, 1.807) is 26.0 Å². The second kappa shape index (κ2) is 13.7. The Hall–Kier alpha value is -3.41. The molecule has 3 rings (SSSR count). The number of amides is 2. The van der Waals surface area contributed by atoms with Crippen molar-refractivity contribution >= 4 is 44.8 Å². The molecule has 0 bridgehead atoms. The van der Waals surface area contributed by atoms with Gasteiger partial charge in [-0.2, -0.15) is 21.6 Å². The molecule has 13 nitrogen and oxygen atoms in total. The molecule has 3 atom stereocenters. The predicted molar refractivity (Wildman–Crippen MR) is 142 cm³/mol. The summed E-state index contributed by atoms with van der Waals surface area (Å²) in [4.78, 5) is 56.7. The van der Waals surface area contributed by atoms with Crippen molar-refractivity contribution in [1.29, 1.82) is 0 Å². The number of nitrogens with zero attached hydrogens (tertiary/aromatic N) is 2. The molecule has 2 amide bonds. The van der Waals surface area contributed by atoms with Gasteiger partial charge in [-0.25, -0.2) is 9.78 Å². The third-order valence-electron chi connectivity index (χ3n) is 6.43. The summed E-state index contributed by atoms with van der Waals surface area (Å²) in [5.41, 5.74) is 1.34. The number of nitrogens with two attached hydrogens (primary N) is 1. The minimum atomic E-state index is -5.84. The number of methoxy groups -OCH3 is 1. The van der Waals surface area contributed by atoms with Crippen molar-refractivity contribution in [2.75, 3.05) is 13.7 Å². The van der Waals surface area contributed by atoms with Crippen LogP contribution in [0, 0.1) is 11.8 Å². The van der Waals surface area contributed by atoms with E-state index in [-0.39, 0.29) is 34.7 Å². The van der Waals surface area contributed by atoms with E-state index in [0.717, 1.165) is 0 Å². The molecule has 1 aromatic carbocycles. The van der Waals surface area contributed by atoms with Crippen molar-refractivity contribution in [3.63, 3.8) is 0 Å². The predicted octanol–water partition coefficient (Wildman–Crippen LogP) is 2.31. The number of likely N-dealkylation sites (tertiary alicyclic amines) is 1. The SMILES string of the molecule is COC(=O)c1ccc2nc(C(=O)[C@H](C(C)C)N3CCC[C@H]3C(=O)NC(=O)[C@@H](N)C(C)C)oc2c1.O=S(=O)(O)C(F)(F)F. The molecule has 4 N–H and O–H groups in total. The average molecular weight is 623 g/mol. The summed E-state index contributed by atoms with van der Waals surface area (Å²) >= 11 is 0. The van der Waals surface area contributed by atoms with Crippen LogP contribution in [0.4, 0.5) is 13.2 Å². The summed E-state index contributed by atoms with van der Waals surface area (Å²) in [5, 5.41) is 2.41. The number of fused-ring (bicyclic) bond motifs is 1. The Kier molecular flexibility index (Phi) is 11.4. The van der Waals surface area contributed by atoms with Crippen LogP contribution in [0.2, 0.25) is 0 Å². The lowest BCUT2D eigenvalue weighted by Gasteiger charge is -2.33. The molecule has 17 heteroatoms. The Labute approximate surface area is 239 Å². The van der Waals surface area contributed by atoms with E-state index in [2.05, 4.69) is 10.3 Å². The minimum Gasteiger partial charge on any atom is -0.465 e. The number of nitrogens with one attached hydrogen (secondary N) is 1. The van der Waals surface area contributed by atoms with Gasteiger partial charge in [-0.15, -0.1) is 0 Å². The molecule has 1 saturated heterocycles. The zero-order valence-electron chi connectivity index (χ0n) is 23.5. The van der Waals surface area contributed by atoms with Gasteiger partial charge < -0.3 is 14.9 Å². The van der Waals surface area contributed by atoms with Gasteiger partial charge in [0.15, 0.2) is 5.58 Å². The second-order valence-corrected chi connectivity index (χ2v) is 11.6. The van der Waals surface area contributed by atoms with Crippen LogP contribution in [0.5, 0.6) is 0 Å². The number of ketones is 1. The number of carbonyl (C=O) groups is 4. The first kappa shape index (κ1) is 34.8. The van der Waals surface area contributed by atoms with Crippen LogP contribution in [0.15, 0.2) is 22.6 Å². The Bertz CT molecular complexity index is 1420. The van der Waals surface area contributed by atoms with E-state index in [9.17, 15) is 32.3 Å². The molecule has 0 unspecified atom stereocenters. The molecule has 1 aliphatic heterocycles. The smallest absolute Gasteiger partial charge is 0.465 e. The fraction of sp³-hybridized carbons (Fsp3) is 0.560. The molecule has 234 valence electrons. The largest absolute Gasteiger partial charge is 0.522 e. The number of hydrogen-bond donors (Lipinski definition) is 3. The molecule has 0 saturated carbocycles. The number of oxazole rings is 1. The van der Waals surface area contributed by atoms with Crippen LogP contribution in [0.25, 0.3) is 11.1 Å². The van der Waals surface area contributed by atoms with Gasteiger partial charge in [0.05, 0.1) is 30.8 Å². The third kappa shape index (κ3) is 8.33. The number of esters is 1. The zero-order valence-corrected chi connectivity index (χ0v) is 24.3. The molecule has 0 aliphatic carbocycles. The monoisotopic (exact) mass is 622 g/mol. The number of Topliss-reactive ketones (excluding diaryl/α,β-unsaturated/α-hetero) is 1. The Morgan fingerprint density at radius 3 is 2.26 bits per heavy atom. The molecule has 1 aliphatic rings. The highest BCUT2D eigenvalue weighted by Gasteiger charge is 2.44. The van der Waals surface area contributed by atoms with Gasteiger partial charge in [0, 0.05) is 0 Å². The summed E-state index contributed by atoms with van der Waals surface area (Å²) in [7, 11) is -4.56. The van der Waals surface area contributed by atoms with E-state index in [4.69, 9.17) is 27.9 Å². The molecule has 0 spiro atoms. The number of rotatable bonds is 8. The van der Waals surface area contributed by atoms with Crippen molar-refractivity contribution in [2.45, 2.75) is 64.2 Å². The van der Waals surface area contributed by atoms with Crippen molar-refractivity contribution < 1.29 is 54.5 Å². The Morgan fingerprint density at radius 2 is 1.76 bits per heavy atom. The normalized spacial score (nSPS) is 17.5. The van der Waals surface area contributed by atoms with Gasteiger partial charge in [0.25, 0.3) is 5.89 Å². The van der Waals surface area contributed by atoms with E-state index in [0.29, 0.717) is 24.9 Å². The Balaban J connectivity index is 0.000000675. The maximum atomic E-state index is 13.5. The third-order valence-corrected chi connectivity index (χ3v) is 7.02. The van der Waals surface area contributed by atoms with Gasteiger partial charge in [0.1, 0.15) is 5.52 Å².